The van der Waals surface area contributed by atoms with Gasteiger partial charge in [0.1, 0.15) is 5.75 Å². The van der Waals surface area contributed by atoms with Crippen molar-refractivity contribution in [3.63, 3.8) is 0 Å². The predicted molar refractivity (Wildman–Crippen MR) is 92.0 cm³/mol. The van der Waals surface area contributed by atoms with Gasteiger partial charge in [0.05, 0.1) is 17.7 Å². The number of aromatic amines is 1. The van der Waals surface area contributed by atoms with E-state index in [0.717, 1.165) is 11.1 Å². The lowest BCUT2D eigenvalue weighted by Crippen LogP contribution is -2.17. The molecule has 0 atom stereocenters. The zero-order valence-corrected chi connectivity index (χ0v) is 14.8. The van der Waals surface area contributed by atoms with Gasteiger partial charge in [-0.1, -0.05) is 6.07 Å². The number of ether oxygens (including phenoxy) is 2. The maximum absolute atomic E-state index is 12.6. The number of carbonyl (C=O) groups excluding carboxylic acids is 2. The first-order valence-corrected chi connectivity index (χ1v) is 7.94. The van der Waals surface area contributed by atoms with Crippen LogP contribution in [0.1, 0.15) is 50.2 Å². The van der Waals surface area contributed by atoms with E-state index < -0.39 is 5.97 Å². The fourth-order valence-corrected chi connectivity index (χ4v) is 2.83. The van der Waals surface area contributed by atoms with Crippen LogP contribution in [-0.2, 0) is 4.74 Å². The Morgan fingerprint density at radius 2 is 1.54 bits per heavy atom. The van der Waals surface area contributed by atoms with E-state index in [1.165, 1.54) is 0 Å². The molecule has 24 heavy (non-hydrogen) atoms. The number of ketones is 1. The van der Waals surface area contributed by atoms with Crippen molar-refractivity contribution in [1.29, 1.82) is 0 Å². The van der Waals surface area contributed by atoms with Gasteiger partial charge in [0, 0.05) is 11.4 Å². The van der Waals surface area contributed by atoms with Gasteiger partial charge < -0.3 is 14.5 Å². The third kappa shape index (κ3) is 3.85. The first-order chi connectivity index (χ1) is 11.3. The fourth-order valence-electron chi connectivity index (χ4n) is 2.83. The van der Waals surface area contributed by atoms with Crippen molar-refractivity contribution in [2.24, 2.45) is 0 Å². The fraction of sp³-hybridized carbons (Fsp3) is 0.368. The molecule has 0 amide bonds. The van der Waals surface area contributed by atoms with Gasteiger partial charge in [-0.3, -0.25) is 4.79 Å². The number of benzene rings is 1. The Kier molecular flexibility index (Phi) is 5.44. The molecular formula is C19H23NO4. The van der Waals surface area contributed by atoms with Crippen LogP contribution in [0.5, 0.6) is 5.75 Å². The predicted octanol–water partition coefficient (Wildman–Crippen LogP) is 3.69. The van der Waals surface area contributed by atoms with Crippen LogP contribution in [0.2, 0.25) is 0 Å². The van der Waals surface area contributed by atoms with Gasteiger partial charge in [-0.05, 0) is 57.9 Å². The van der Waals surface area contributed by atoms with Gasteiger partial charge in [-0.2, -0.15) is 0 Å². The number of Topliss-reactive ketones (excluding diaryl/α,β-unsaturated/α-hetero) is 1. The Morgan fingerprint density at radius 1 is 0.958 bits per heavy atom. The normalized spacial score (nSPS) is 10.5. The van der Waals surface area contributed by atoms with Crippen molar-refractivity contribution in [2.45, 2.75) is 34.6 Å². The molecule has 0 fully saturated rings. The average Bonchev–Trinajstić information content (AvgIpc) is 2.78. The minimum atomic E-state index is -0.492. The number of esters is 1. The van der Waals surface area contributed by atoms with E-state index in [1.807, 2.05) is 32.0 Å². The van der Waals surface area contributed by atoms with E-state index in [1.54, 1.807) is 20.8 Å². The number of nitrogens with one attached hydrogen (secondary N) is 1. The Morgan fingerprint density at radius 3 is 2.12 bits per heavy atom. The lowest BCUT2D eigenvalue weighted by molar-refractivity contribution is 0.0522. The number of carbonyl (C=O) groups is 2. The van der Waals surface area contributed by atoms with Crippen molar-refractivity contribution in [3.05, 3.63) is 51.8 Å². The van der Waals surface area contributed by atoms with Crippen molar-refractivity contribution in [3.8, 4) is 5.75 Å². The summed E-state index contributed by atoms with van der Waals surface area (Å²) in [6.07, 6.45) is 0. The Bertz CT molecular complexity index is 754. The molecule has 0 aliphatic heterocycles. The van der Waals surface area contributed by atoms with Gasteiger partial charge in [-0.15, -0.1) is 0 Å². The summed E-state index contributed by atoms with van der Waals surface area (Å²) in [5, 5.41) is 0. The molecule has 1 aromatic heterocycles. The second kappa shape index (κ2) is 7.34. The summed E-state index contributed by atoms with van der Waals surface area (Å²) in [5.74, 6) is -0.100. The number of H-pyrrole nitrogens is 1. The summed E-state index contributed by atoms with van der Waals surface area (Å²) in [4.78, 5) is 27.8. The van der Waals surface area contributed by atoms with Crippen LogP contribution in [0.3, 0.4) is 0 Å². The third-order valence-electron chi connectivity index (χ3n) is 3.70. The molecule has 5 heteroatoms. The highest BCUT2D eigenvalue weighted by atomic mass is 16.5. The highest BCUT2D eigenvalue weighted by molar-refractivity contribution is 6.08. The van der Waals surface area contributed by atoms with Gasteiger partial charge >= 0.3 is 5.97 Å². The summed E-state index contributed by atoms with van der Waals surface area (Å²) in [6, 6.07) is 5.79. The highest BCUT2D eigenvalue weighted by Gasteiger charge is 2.25. The molecule has 2 rings (SSSR count). The van der Waals surface area contributed by atoms with E-state index in [4.69, 9.17) is 9.47 Å². The first kappa shape index (κ1) is 17.8. The second-order valence-corrected chi connectivity index (χ2v) is 5.88. The Labute approximate surface area is 142 Å². The quantitative estimate of drug-likeness (QED) is 0.648. The zero-order valence-electron chi connectivity index (χ0n) is 14.8. The molecule has 0 aliphatic rings. The van der Waals surface area contributed by atoms with Crippen LogP contribution >= 0.6 is 0 Å². The van der Waals surface area contributed by atoms with Gasteiger partial charge in [0.2, 0.25) is 5.78 Å². The molecule has 0 bridgehead atoms. The maximum Gasteiger partial charge on any atom is 0.340 e. The summed E-state index contributed by atoms with van der Waals surface area (Å²) >= 11 is 0. The lowest BCUT2D eigenvalue weighted by atomic mass is 10.1. The minimum absolute atomic E-state index is 0.132. The molecule has 5 nitrogen and oxygen atoms in total. The molecule has 1 aromatic carbocycles. The standard InChI is InChI=1S/C19H23NO4/c1-6-23-19(22)18-14(5)20-13(4)17(18)16(21)10-24-15-8-11(2)7-12(3)9-15/h7-9,20H,6,10H2,1-5H3. The highest BCUT2D eigenvalue weighted by Crippen LogP contribution is 2.21. The van der Waals surface area contributed by atoms with Gasteiger partial charge in [0.25, 0.3) is 0 Å². The number of aryl methyl sites for hydroxylation is 4. The SMILES string of the molecule is CCOC(=O)c1c(C)[nH]c(C)c1C(=O)COc1cc(C)cc(C)c1. The Balaban J connectivity index is 2.22. The molecule has 0 spiro atoms. The summed E-state index contributed by atoms with van der Waals surface area (Å²) < 4.78 is 10.7. The molecule has 2 aromatic rings. The largest absolute Gasteiger partial charge is 0.485 e. The van der Waals surface area contributed by atoms with E-state index in [9.17, 15) is 9.59 Å². The van der Waals surface area contributed by atoms with Crippen LogP contribution in [0.15, 0.2) is 18.2 Å². The molecule has 0 unspecified atom stereocenters. The van der Waals surface area contributed by atoms with Crippen LogP contribution < -0.4 is 4.74 Å². The van der Waals surface area contributed by atoms with Crippen molar-refractivity contribution >= 4 is 11.8 Å². The van der Waals surface area contributed by atoms with E-state index in [-0.39, 0.29) is 19.0 Å². The van der Waals surface area contributed by atoms with Crippen molar-refractivity contribution in [1.82, 2.24) is 4.98 Å². The zero-order chi connectivity index (χ0) is 17.9. The smallest absolute Gasteiger partial charge is 0.340 e. The van der Waals surface area contributed by atoms with Crippen LogP contribution in [0.4, 0.5) is 0 Å². The molecule has 0 saturated carbocycles. The molecule has 128 valence electrons. The monoisotopic (exact) mass is 329 g/mol. The molecule has 0 radical (unpaired) electrons. The molecule has 1 N–H and O–H groups in total. The van der Waals surface area contributed by atoms with E-state index >= 15 is 0 Å². The number of hydrogen-bond donors (Lipinski definition) is 1. The average molecular weight is 329 g/mol. The summed E-state index contributed by atoms with van der Waals surface area (Å²) in [6.45, 7) is 9.32. The molecule has 0 saturated heterocycles. The summed E-state index contributed by atoms with van der Waals surface area (Å²) in [7, 11) is 0. The maximum atomic E-state index is 12.6. The van der Waals surface area contributed by atoms with Gasteiger partial charge in [-0.25, -0.2) is 4.79 Å². The minimum Gasteiger partial charge on any atom is -0.485 e. The van der Waals surface area contributed by atoms with E-state index in [0.29, 0.717) is 28.3 Å². The Hall–Kier alpha value is -2.56. The molecule has 0 aliphatic carbocycles. The van der Waals surface area contributed by atoms with Crippen molar-refractivity contribution < 1.29 is 19.1 Å². The number of rotatable bonds is 6. The van der Waals surface area contributed by atoms with Crippen molar-refractivity contribution in [2.75, 3.05) is 13.2 Å². The third-order valence-corrected chi connectivity index (χ3v) is 3.70. The number of hydrogen-bond acceptors (Lipinski definition) is 4. The molecular weight excluding hydrogens is 306 g/mol. The molecule has 1 heterocycles. The van der Waals surface area contributed by atoms with Crippen LogP contribution in [-0.4, -0.2) is 30.0 Å². The second-order valence-electron chi connectivity index (χ2n) is 5.88. The number of aromatic nitrogens is 1. The van der Waals surface area contributed by atoms with Crippen LogP contribution in [0, 0.1) is 27.7 Å². The van der Waals surface area contributed by atoms with Gasteiger partial charge in [0.15, 0.2) is 6.61 Å². The van der Waals surface area contributed by atoms with E-state index in [2.05, 4.69) is 4.98 Å². The lowest BCUT2D eigenvalue weighted by Gasteiger charge is -2.09. The van der Waals surface area contributed by atoms with Crippen LogP contribution in [0.25, 0.3) is 0 Å². The first-order valence-electron chi connectivity index (χ1n) is 7.94. The topological polar surface area (TPSA) is 68.4 Å². The summed E-state index contributed by atoms with van der Waals surface area (Å²) in [5.41, 5.74) is 4.04.